The SMILES string of the molecule is O=C(O)c1cn(CCNCC(O)C(F)F)nn1. The zero-order chi connectivity index (χ0) is 12.8. The monoisotopic (exact) mass is 250 g/mol. The fourth-order valence-corrected chi connectivity index (χ4v) is 1.04. The van der Waals surface area contributed by atoms with Crippen LogP contribution in [0.25, 0.3) is 0 Å². The van der Waals surface area contributed by atoms with E-state index in [2.05, 4.69) is 15.6 Å². The van der Waals surface area contributed by atoms with Gasteiger partial charge in [0.1, 0.15) is 6.10 Å². The summed E-state index contributed by atoms with van der Waals surface area (Å²) in [6.45, 7) is 0.306. The number of aromatic nitrogens is 3. The van der Waals surface area contributed by atoms with Crippen LogP contribution in [0, 0.1) is 0 Å². The van der Waals surface area contributed by atoms with E-state index in [1.165, 1.54) is 10.9 Å². The summed E-state index contributed by atoms with van der Waals surface area (Å²) in [5, 5.41) is 26.8. The smallest absolute Gasteiger partial charge is 0.358 e. The summed E-state index contributed by atoms with van der Waals surface area (Å²) < 4.78 is 25.0. The molecule has 0 fully saturated rings. The van der Waals surface area contributed by atoms with Gasteiger partial charge in [-0.2, -0.15) is 0 Å². The summed E-state index contributed by atoms with van der Waals surface area (Å²) in [7, 11) is 0. The van der Waals surface area contributed by atoms with Gasteiger partial charge in [0, 0.05) is 13.1 Å². The average Bonchev–Trinajstić information content (AvgIpc) is 2.72. The third-order valence-electron chi connectivity index (χ3n) is 1.92. The van der Waals surface area contributed by atoms with Gasteiger partial charge in [-0.15, -0.1) is 5.10 Å². The molecule has 1 aromatic heterocycles. The van der Waals surface area contributed by atoms with E-state index in [1.807, 2.05) is 0 Å². The van der Waals surface area contributed by atoms with Gasteiger partial charge in [-0.1, -0.05) is 5.21 Å². The van der Waals surface area contributed by atoms with Crippen molar-refractivity contribution in [3.63, 3.8) is 0 Å². The van der Waals surface area contributed by atoms with Gasteiger partial charge < -0.3 is 15.5 Å². The van der Waals surface area contributed by atoms with Crippen LogP contribution in [0.15, 0.2) is 6.20 Å². The third-order valence-corrected chi connectivity index (χ3v) is 1.92. The second-order valence-corrected chi connectivity index (χ2v) is 3.28. The van der Waals surface area contributed by atoms with Gasteiger partial charge in [0.05, 0.1) is 12.7 Å². The molecule has 0 aliphatic carbocycles. The van der Waals surface area contributed by atoms with Crippen LogP contribution in [0.2, 0.25) is 0 Å². The van der Waals surface area contributed by atoms with Crippen molar-refractivity contribution >= 4 is 5.97 Å². The average molecular weight is 250 g/mol. The Morgan fingerprint density at radius 2 is 2.29 bits per heavy atom. The topological polar surface area (TPSA) is 100 Å². The van der Waals surface area contributed by atoms with Crippen LogP contribution in [-0.2, 0) is 6.54 Å². The number of hydrogen-bond donors (Lipinski definition) is 3. The van der Waals surface area contributed by atoms with Gasteiger partial charge in [-0.05, 0) is 0 Å². The number of carboxylic acid groups (broad SMARTS) is 1. The van der Waals surface area contributed by atoms with E-state index in [-0.39, 0.29) is 25.3 Å². The first-order valence-electron chi connectivity index (χ1n) is 4.81. The molecule has 1 heterocycles. The summed E-state index contributed by atoms with van der Waals surface area (Å²) in [5.41, 5.74) is -0.183. The number of aromatic carboxylic acids is 1. The number of nitrogens with one attached hydrogen (secondary N) is 1. The number of aliphatic hydroxyl groups is 1. The van der Waals surface area contributed by atoms with E-state index in [0.717, 1.165) is 0 Å². The molecule has 0 amide bonds. The first kappa shape index (κ1) is 13.5. The molecule has 96 valence electrons. The number of alkyl halides is 2. The minimum Gasteiger partial charge on any atom is -0.476 e. The first-order chi connectivity index (χ1) is 8.00. The van der Waals surface area contributed by atoms with E-state index in [4.69, 9.17) is 10.2 Å². The molecule has 0 aliphatic heterocycles. The number of carboxylic acids is 1. The lowest BCUT2D eigenvalue weighted by atomic mass is 10.3. The lowest BCUT2D eigenvalue weighted by Crippen LogP contribution is -2.33. The standard InChI is InChI=1S/C8H12F2N4O3/c9-7(10)6(15)3-11-1-2-14-4-5(8(16)17)12-13-14/h4,6-7,11,15H,1-3H2,(H,16,17). The van der Waals surface area contributed by atoms with E-state index < -0.39 is 18.5 Å². The van der Waals surface area contributed by atoms with Crippen LogP contribution in [0.5, 0.6) is 0 Å². The van der Waals surface area contributed by atoms with Crippen molar-refractivity contribution in [3.8, 4) is 0 Å². The van der Waals surface area contributed by atoms with Crippen molar-refractivity contribution in [1.29, 1.82) is 0 Å². The molecule has 1 aromatic rings. The summed E-state index contributed by atoms with van der Waals surface area (Å²) in [4.78, 5) is 10.5. The highest BCUT2D eigenvalue weighted by molar-refractivity contribution is 5.84. The Labute approximate surface area is 95.0 Å². The molecule has 1 unspecified atom stereocenters. The Morgan fingerprint density at radius 1 is 1.59 bits per heavy atom. The van der Waals surface area contributed by atoms with Crippen molar-refractivity contribution in [2.24, 2.45) is 0 Å². The van der Waals surface area contributed by atoms with Gasteiger partial charge >= 0.3 is 5.97 Å². The maximum Gasteiger partial charge on any atom is 0.358 e. The Kier molecular flexibility index (Phi) is 4.91. The third kappa shape index (κ3) is 4.41. The number of rotatable bonds is 7. The molecular weight excluding hydrogens is 238 g/mol. The van der Waals surface area contributed by atoms with E-state index in [9.17, 15) is 13.6 Å². The largest absolute Gasteiger partial charge is 0.476 e. The first-order valence-corrected chi connectivity index (χ1v) is 4.81. The predicted octanol–water partition coefficient (Wildman–Crippen LogP) is -0.808. The second kappa shape index (κ2) is 6.21. The van der Waals surface area contributed by atoms with Crippen molar-refractivity contribution in [2.45, 2.75) is 19.1 Å². The number of halogens is 2. The second-order valence-electron chi connectivity index (χ2n) is 3.28. The van der Waals surface area contributed by atoms with Gasteiger partial charge in [0.15, 0.2) is 5.69 Å². The molecule has 0 saturated carbocycles. The maximum absolute atomic E-state index is 11.9. The molecule has 0 spiro atoms. The molecule has 0 aliphatic rings. The minimum atomic E-state index is -2.78. The van der Waals surface area contributed by atoms with Crippen molar-refractivity contribution < 1.29 is 23.8 Å². The molecule has 0 aromatic carbocycles. The zero-order valence-electron chi connectivity index (χ0n) is 8.75. The quantitative estimate of drug-likeness (QED) is 0.547. The van der Waals surface area contributed by atoms with E-state index in [0.29, 0.717) is 0 Å². The van der Waals surface area contributed by atoms with Crippen LogP contribution >= 0.6 is 0 Å². The van der Waals surface area contributed by atoms with Crippen molar-refractivity contribution in [2.75, 3.05) is 13.1 Å². The number of nitrogens with zero attached hydrogens (tertiary/aromatic N) is 3. The normalized spacial score (nSPS) is 12.9. The van der Waals surface area contributed by atoms with E-state index >= 15 is 0 Å². The predicted molar refractivity (Wildman–Crippen MR) is 51.9 cm³/mol. The van der Waals surface area contributed by atoms with Crippen LogP contribution < -0.4 is 5.32 Å². The molecular formula is C8H12F2N4O3. The van der Waals surface area contributed by atoms with Crippen LogP contribution in [0.3, 0.4) is 0 Å². The Bertz CT molecular complexity index is 371. The molecule has 0 bridgehead atoms. The Morgan fingerprint density at radius 3 is 2.82 bits per heavy atom. The highest BCUT2D eigenvalue weighted by Gasteiger charge is 2.15. The summed E-state index contributed by atoms with van der Waals surface area (Å²) in [6, 6.07) is 0. The van der Waals surface area contributed by atoms with Crippen LogP contribution in [0.1, 0.15) is 10.5 Å². The molecule has 1 atom stereocenters. The molecule has 17 heavy (non-hydrogen) atoms. The van der Waals surface area contributed by atoms with Gasteiger partial charge in [-0.3, -0.25) is 4.68 Å². The fraction of sp³-hybridized carbons (Fsp3) is 0.625. The van der Waals surface area contributed by atoms with Crippen LogP contribution in [0.4, 0.5) is 8.78 Å². The molecule has 1 rings (SSSR count). The molecule has 0 radical (unpaired) electrons. The van der Waals surface area contributed by atoms with Crippen LogP contribution in [-0.4, -0.2) is 56.8 Å². The van der Waals surface area contributed by atoms with Crippen molar-refractivity contribution in [3.05, 3.63) is 11.9 Å². The summed E-state index contributed by atoms with van der Waals surface area (Å²) >= 11 is 0. The zero-order valence-corrected chi connectivity index (χ0v) is 8.75. The summed E-state index contributed by atoms with van der Waals surface area (Å²) in [5.74, 6) is -1.18. The molecule has 0 saturated heterocycles. The molecule has 3 N–H and O–H groups in total. The van der Waals surface area contributed by atoms with Crippen molar-refractivity contribution in [1.82, 2.24) is 20.3 Å². The lowest BCUT2D eigenvalue weighted by Gasteiger charge is -2.10. The highest BCUT2D eigenvalue weighted by atomic mass is 19.3. The summed E-state index contributed by atoms with van der Waals surface area (Å²) in [6.07, 6.45) is -3.26. The minimum absolute atomic E-state index is 0.183. The fourth-order valence-electron chi connectivity index (χ4n) is 1.04. The molecule has 7 nitrogen and oxygen atoms in total. The number of hydrogen-bond acceptors (Lipinski definition) is 5. The highest BCUT2D eigenvalue weighted by Crippen LogP contribution is 1.98. The Balaban J connectivity index is 2.24. The number of aliphatic hydroxyl groups excluding tert-OH is 1. The maximum atomic E-state index is 11.9. The van der Waals surface area contributed by atoms with E-state index in [1.54, 1.807) is 0 Å². The number of carbonyl (C=O) groups is 1. The van der Waals surface area contributed by atoms with Gasteiger partial charge in [0.2, 0.25) is 0 Å². The lowest BCUT2D eigenvalue weighted by molar-refractivity contribution is -0.00325. The van der Waals surface area contributed by atoms with Gasteiger partial charge in [-0.25, -0.2) is 13.6 Å². The Hall–Kier alpha value is -1.61. The van der Waals surface area contributed by atoms with Gasteiger partial charge in [0.25, 0.3) is 6.43 Å². The molecule has 9 heteroatoms.